The van der Waals surface area contributed by atoms with Gasteiger partial charge >= 0.3 is 11.9 Å². The normalized spacial score (nSPS) is 11.8. The van der Waals surface area contributed by atoms with E-state index in [9.17, 15) is 40.4 Å². The second kappa shape index (κ2) is 15.4. The largest absolute Gasteiger partial charge is 0.418 e. The molecule has 0 atom stereocenters. The van der Waals surface area contributed by atoms with Crippen molar-refractivity contribution in [3.63, 3.8) is 0 Å². The molecule has 4 aromatic carbocycles. The zero-order valence-corrected chi connectivity index (χ0v) is 28.8. The Kier molecular flexibility index (Phi) is 11.2. The van der Waals surface area contributed by atoms with Crippen LogP contribution < -0.4 is 10.4 Å². The molecule has 15 heteroatoms. The number of hydrogen-bond donors (Lipinski definition) is 1. The molecule has 1 amide bonds. The summed E-state index contributed by atoms with van der Waals surface area (Å²) in [7, 11) is -4.59. The molecule has 0 bridgehead atoms. The molecule has 0 aliphatic rings. The molecule has 1 N–H and O–H groups in total. The number of alkyl halides is 3. The number of carbonyl (C=O) groups excluding carboxylic acids is 2. The highest BCUT2D eigenvalue weighted by Crippen LogP contribution is 2.34. The van der Waals surface area contributed by atoms with E-state index in [0.29, 0.717) is 23.9 Å². The fourth-order valence-corrected chi connectivity index (χ4v) is 6.79. The summed E-state index contributed by atoms with van der Waals surface area (Å²) < 4.78 is 102. The maximum atomic E-state index is 15.8. The van der Waals surface area contributed by atoms with Crippen molar-refractivity contribution in [2.24, 2.45) is 0 Å². The van der Waals surface area contributed by atoms with E-state index in [-0.39, 0.29) is 40.9 Å². The Labute approximate surface area is 295 Å². The summed E-state index contributed by atoms with van der Waals surface area (Å²) in [6.07, 6.45) is -2.99. The first kappa shape index (κ1) is 37.8. The van der Waals surface area contributed by atoms with E-state index >= 15 is 4.39 Å². The number of carbonyl (C=O) groups is 2. The van der Waals surface area contributed by atoms with E-state index in [1.165, 1.54) is 48.5 Å². The lowest BCUT2D eigenvalue weighted by Crippen LogP contribution is -2.31. The summed E-state index contributed by atoms with van der Waals surface area (Å²) in [5, 5.41) is 4.23. The number of benzene rings is 4. The van der Waals surface area contributed by atoms with Gasteiger partial charge in [0.1, 0.15) is 17.5 Å². The third kappa shape index (κ3) is 8.04. The lowest BCUT2D eigenvalue weighted by molar-refractivity contribution is -0.137. The standard InChI is InChI=1S/C37H33F5N4O5S/c1-3-5-15-34-43-46(31-21-24(32(47)10-4-2)18-19-28(31)37(40,41)42)36(49)45(34)22-25-17-16-23(20-30(25)39)26-11-7-9-14-33(26)52(50,51)44-35(48)27-12-6-8-13-29(27)38/h6-9,11-14,16-21H,3-5,10,15,22H2,1-2H3,(H,44,48). The predicted molar refractivity (Wildman–Crippen MR) is 183 cm³/mol. The van der Waals surface area contributed by atoms with Gasteiger partial charge in [-0.3, -0.25) is 14.2 Å². The molecular formula is C37H33F5N4O5S. The maximum absolute atomic E-state index is 15.8. The number of ketones is 1. The van der Waals surface area contributed by atoms with Crippen molar-refractivity contribution in [1.82, 2.24) is 19.1 Å². The minimum absolute atomic E-state index is 0.00703. The second-order valence-corrected chi connectivity index (χ2v) is 13.6. The molecule has 0 radical (unpaired) electrons. The van der Waals surface area contributed by atoms with Crippen LogP contribution in [0.2, 0.25) is 0 Å². The highest BCUT2D eigenvalue weighted by atomic mass is 32.2. The highest BCUT2D eigenvalue weighted by molar-refractivity contribution is 7.90. The van der Waals surface area contributed by atoms with E-state index in [2.05, 4.69) is 5.10 Å². The summed E-state index contributed by atoms with van der Waals surface area (Å²) in [5.41, 5.74) is -3.28. The van der Waals surface area contributed by atoms with Crippen LogP contribution in [-0.2, 0) is 29.2 Å². The van der Waals surface area contributed by atoms with Gasteiger partial charge in [0, 0.05) is 29.5 Å². The third-order valence-electron chi connectivity index (χ3n) is 8.24. The van der Waals surface area contributed by atoms with E-state index in [1.54, 1.807) is 6.92 Å². The zero-order valence-electron chi connectivity index (χ0n) is 28.0. The van der Waals surface area contributed by atoms with Crippen molar-refractivity contribution in [1.29, 1.82) is 0 Å². The Balaban J connectivity index is 1.52. The number of rotatable bonds is 13. The summed E-state index contributed by atoms with van der Waals surface area (Å²) in [4.78, 5) is 38.6. The molecule has 1 heterocycles. The molecule has 272 valence electrons. The lowest BCUT2D eigenvalue weighted by Gasteiger charge is -2.14. The number of unbranched alkanes of at least 4 members (excludes halogenated alkanes) is 1. The Morgan fingerprint density at radius 3 is 2.25 bits per heavy atom. The zero-order chi connectivity index (χ0) is 37.8. The fourth-order valence-electron chi connectivity index (χ4n) is 5.59. The number of nitrogens with one attached hydrogen (secondary N) is 1. The molecule has 5 aromatic rings. The molecule has 0 aliphatic heterocycles. The van der Waals surface area contributed by atoms with Crippen molar-refractivity contribution in [3.05, 3.63) is 135 Å². The van der Waals surface area contributed by atoms with Gasteiger partial charge in [0.15, 0.2) is 5.78 Å². The van der Waals surface area contributed by atoms with Crippen molar-refractivity contribution in [2.45, 2.75) is 63.6 Å². The van der Waals surface area contributed by atoms with Gasteiger partial charge in [0.05, 0.1) is 28.3 Å². The van der Waals surface area contributed by atoms with E-state index in [0.717, 1.165) is 41.0 Å². The first-order valence-electron chi connectivity index (χ1n) is 16.3. The van der Waals surface area contributed by atoms with Gasteiger partial charge < -0.3 is 0 Å². The van der Waals surface area contributed by atoms with E-state index in [1.807, 2.05) is 11.6 Å². The predicted octanol–water partition coefficient (Wildman–Crippen LogP) is 7.49. The smallest absolute Gasteiger partial charge is 0.294 e. The van der Waals surface area contributed by atoms with Gasteiger partial charge in [0.25, 0.3) is 15.9 Å². The van der Waals surface area contributed by atoms with Crippen LogP contribution in [0.1, 0.15) is 77.2 Å². The molecular weight excluding hydrogens is 707 g/mol. The molecule has 1 aromatic heterocycles. The summed E-state index contributed by atoms with van der Waals surface area (Å²) in [6.45, 7) is 3.18. The van der Waals surface area contributed by atoms with Gasteiger partial charge in [-0.15, -0.1) is 5.10 Å². The van der Waals surface area contributed by atoms with Crippen LogP contribution in [0.25, 0.3) is 16.8 Å². The molecule has 9 nitrogen and oxygen atoms in total. The number of hydrogen-bond acceptors (Lipinski definition) is 6. The number of sulfonamides is 1. The van der Waals surface area contributed by atoms with Crippen molar-refractivity contribution in [2.75, 3.05) is 0 Å². The van der Waals surface area contributed by atoms with Crippen LogP contribution in [-0.4, -0.2) is 34.5 Å². The van der Waals surface area contributed by atoms with Gasteiger partial charge in [-0.05, 0) is 54.8 Å². The quantitative estimate of drug-likeness (QED) is 0.0987. The monoisotopic (exact) mass is 740 g/mol. The summed E-state index contributed by atoms with van der Waals surface area (Å²) >= 11 is 0. The molecule has 0 unspecified atom stereocenters. The van der Waals surface area contributed by atoms with Gasteiger partial charge in [-0.2, -0.15) is 17.9 Å². The van der Waals surface area contributed by atoms with E-state index < -0.39 is 73.5 Å². The molecule has 0 aliphatic carbocycles. The minimum atomic E-state index is -4.89. The SMILES string of the molecule is CCCCc1nn(-c2cc(C(=O)CCC)ccc2C(F)(F)F)c(=O)n1Cc1ccc(-c2ccccc2S(=O)(=O)NC(=O)c2ccccc2F)cc1F. The number of halogens is 5. The van der Waals surface area contributed by atoms with Crippen LogP contribution in [0.4, 0.5) is 22.0 Å². The first-order valence-corrected chi connectivity index (χ1v) is 17.8. The van der Waals surface area contributed by atoms with Crippen molar-refractivity contribution < 1.29 is 40.0 Å². The number of nitrogens with zero attached hydrogens (tertiary/aromatic N) is 3. The second-order valence-electron chi connectivity index (χ2n) is 11.9. The fraction of sp³-hybridized carbons (Fsp3) is 0.243. The Hall–Kier alpha value is -5.44. The Morgan fingerprint density at radius 1 is 0.865 bits per heavy atom. The minimum Gasteiger partial charge on any atom is -0.294 e. The molecule has 5 rings (SSSR count). The van der Waals surface area contributed by atoms with Crippen LogP contribution in [0.3, 0.4) is 0 Å². The molecule has 0 saturated carbocycles. The number of Topliss-reactive ketones (excluding diaryl/α,β-unsaturated/α-hetero) is 1. The highest BCUT2D eigenvalue weighted by Gasteiger charge is 2.36. The molecule has 52 heavy (non-hydrogen) atoms. The van der Waals surface area contributed by atoms with Gasteiger partial charge in [-0.1, -0.05) is 68.8 Å². The maximum Gasteiger partial charge on any atom is 0.418 e. The van der Waals surface area contributed by atoms with Crippen LogP contribution in [0.5, 0.6) is 0 Å². The Bertz CT molecular complexity index is 2320. The molecule has 0 fully saturated rings. The lowest BCUT2D eigenvalue weighted by atomic mass is 10.0. The van der Waals surface area contributed by atoms with Crippen molar-refractivity contribution >= 4 is 21.7 Å². The third-order valence-corrected chi connectivity index (χ3v) is 9.63. The first-order chi connectivity index (χ1) is 24.7. The number of aromatic nitrogens is 3. The van der Waals surface area contributed by atoms with Gasteiger partial charge in [-0.25, -0.2) is 26.7 Å². The topological polar surface area (TPSA) is 120 Å². The Morgan fingerprint density at radius 2 is 1.58 bits per heavy atom. The average molecular weight is 741 g/mol. The van der Waals surface area contributed by atoms with E-state index in [4.69, 9.17) is 0 Å². The van der Waals surface area contributed by atoms with Crippen molar-refractivity contribution in [3.8, 4) is 16.8 Å². The van der Waals surface area contributed by atoms with Gasteiger partial charge in [0.2, 0.25) is 0 Å². The average Bonchev–Trinajstić information content (AvgIpc) is 3.41. The summed E-state index contributed by atoms with van der Waals surface area (Å²) in [6, 6.07) is 16.7. The van der Waals surface area contributed by atoms with Crippen LogP contribution in [0, 0.1) is 11.6 Å². The molecule has 0 spiro atoms. The number of amides is 1. The van der Waals surface area contributed by atoms with Crippen LogP contribution in [0.15, 0.2) is 94.6 Å². The summed E-state index contributed by atoms with van der Waals surface area (Å²) in [5.74, 6) is -3.32. The molecule has 0 saturated heterocycles. The number of aryl methyl sites for hydroxylation is 1. The van der Waals surface area contributed by atoms with Crippen LogP contribution >= 0.6 is 0 Å².